The minimum Gasteiger partial charge on any atom is -0.466 e. The van der Waals surface area contributed by atoms with Crippen molar-refractivity contribution in [3.8, 4) is 0 Å². The van der Waals surface area contributed by atoms with E-state index in [4.69, 9.17) is 33.2 Å². The highest BCUT2D eigenvalue weighted by Crippen LogP contribution is 2.24. The average Bonchev–Trinajstić information content (AvgIpc) is 3.84. The minimum absolute atomic E-state index is 0.0273. The van der Waals surface area contributed by atoms with Gasteiger partial charge in [0, 0.05) is 44.9 Å². The van der Waals surface area contributed by atoms with Crippen LogP contribution in [0, 0.1) is 5.41 Å². The van der Waals surface area contributed by atoms with Crippen molar-refractivity contribution in [2.75, 3.05) is 65.9 Å². The van der Waals surface area contributed by atoms with E-state index in [1.165, 1.54) is 19.3 Å². The number of esters is 7. The molecule has 67 heavy (non-hydrogen) atoms. The Balaban J connectivity index is 2.92. The molecule has 1 rings (SSSR count). The highest BCUT2D eigenvalue weighted by molar-refractivity contribution is 5.74. The Kier molecular flexibility index (Phi) is 38.7. The van der Waals surface area contributed by atoms with Gasteiger partial charge < -0.3 is 38.1 Å². The summed E-state index contributed by atoms with van der Waals surface area (Å²) in [7, 11) is 0. The molecule has 0 aliphatic carbocycles. The van der Waals surface area contributed by atoms with Crippen molar-refractivity contribution < 1.29 is 66.7 Å². The van der Waals surface area contributed by atoms with Crippen LogP contribution in [0.15, 0.2) is 0 Å². The van der Waals surface area contributed by atoms with Gasteiger partial charge in [-0.3, -0.25) is 33.6 Å². The number of unbranched alkanes of at least 4 members (excludes halogenated alkanes) is 15. The molecule has 15 nitrogen and oxygen atoms in total. The topological polar surface area (TPSA) is 187 Å². The maximum absolute atomic E-state index is 13.1. The largest absolute Gasteiger partial charge is 0.466 e. The Morgan fingerprint density at radius 3 is 0.881 bits per heavy atom. The molecule has 0 radical (unpaired) electrons. The first kappa shape index (κ1) is 61.3. The molecule has 0 aromatic rings. The van der Waals surface area contributed by atoms with Gasteiger partial charge in [-0.1, -0.05) is 117 Å². The average molecular weight is 954 g/mol. The summed E-state index contributed by atoms with van der Waals surface area (Å²) in [6.07, 6.45) is 22.4. The second kappa shape index (κ2) is 42.4. The van der Waals surface area contributed by atoms with Crippen LogP contribution >= 0.6 is 0 Å². The molecule has 0 atom stereocenters. The molecular weight excluding hydrogens is 863 g/mol. The molecule has 1 aliphatic rings. The number of hydrogen-bond donors (Lipinski definition) is 0. The van der Waals surface area contributed by atoms with Crippen molar-refractivity contribution in [2.45, 2.75) is 220 Å². The van der Waals surface area contributed by atoms with Crippen molar-refractivity contribution in [1.29, 1.82) is 0 Å². The quantitative estimate of drug-likeness (QED) is 0.0318. The van der Waals surface area contributed by atoms with Crippen LogP contribution in [0.5, 0.6) is 0 Å². The van der Waals surface area contributed by atoms with Crippen LogP contribution in [0.4, 0.5) is 0 Å². The van der Waals surface area contributed by atoms with E-state index in [0.29, 0.717) is 26.2 Å². The Hall–Kier alpha value is -3.75. The molecule has 1 aliphatic heterocycles. The van der Waals surface area contributed by atoms with Crippen LogP contribution in [0.1, 0.15) is 220 Å². The van der Waals surface area contributed by atoms with Gasteiger partial charge in [-0.2, -0.15) is 0 Å². The maximum Gasteiger partial charge on any atom is 0.305 e. The van der Waals surface area contributed by atoms with Gasteiger partial charge in [0.1, 0.15) is 31.8 Å². The molecule has 1 saturated heterocycles. The number of ether oxygens (including phenoxy) is 7. The van der Waals surface area contributed by atoms with Gasteiger partial charge in [0.2, 0.25) is 0 Å². The lowest BCUT2D eigenvalue weighted by Gasteiger charge is -2.31. The molecule has 0 N–H and O–H groups in total. The highest BCUT2D eigenvalue weighted by atomic mass is 16.6. The lowest BCUT2D eigenvalue weighted by Crippen LogP contribution is -2.44. The van der Waals surface area contributed by atoms with Gasteiger partial charge in [0.25, 0.3) is 0 Å². The first-order chi connectivity index (χ1) is 32.5. The highest BCUT2D eigenvalue weighted by Gasteiger charge is 2.38. The summed E-state index contributed by atoms with van der Waals surface area (Å²) in [5.74, 6) is -3.66. The van der Waals surface area contributed by atoms with Crippen molar-refractivity contribution in [3.05, 3.63) is 0 Å². The van der Waals surface area contributed by atoms with Crippen LogP contribution in [0.25, 0.3) is 0 Å². The lowest BCUT2D eigenvalue weighted by atomic mass is 9.92. The predicted octanol–water partition coefficient (Wildman–Crippen LogP) is 10.2. The van der Waals surface area contributed by atoms with Crippen LogP contribution < -0.4 is 0 Å². The van der Waals surface area contributed by atoms with Crippen LogP contribution in [0.3, 0.4) is 0 Å². The predicted molar refractivity (Wildman–Crippen MR) is 256 cm³/mol. The summed E-state index contributed by atoms with van der Waals surface area (Å²) in [4.78, 5) is 91.5. The van der Waals surface area contributed by atoms with E-state index in [0.717, 1.165) is 129 Å². The molecule has 0 spiro atoms. The summed E-state index contributed by atoms with van der Waals surface area (Å²) in [6, 6.07) is 0. The molecule has 0 amide bonds. The van der Waals surface area contributed by atoms with E-state index in [1.807, 2.05) is 0 Å². The lowest BCUT2D eigenvalue weighted by molar-refractivity contribution is -0.170. The molecule has 388 valence electrons. The standard InChI is InChI=1S/C52H91NO14/c1-4-7-10-13-16-21-38-61-45(54)28-24-31-48(57)64-41-52(44-67-51(60)34-27-37-53-35-19-20-36-53,42-65-49(58)32-25-29-46(55)62-39-22-17-14-11-8-5-2)43-66-50(59)33-26-30-47(56)63-40-23-18-15-12-9-6-3/h4-44H2,1-3H3. The smallest absolute Gasteiger partial charge is 0.305 e. The van der Waals surface area contributed by atoms with E-state index in [9.17, 15) is 33.6 Å². The zero-order chi connectivity index (χ0) is 49.1. The molecule has 0 aromatic heterocycles. The summed E-state index contributed by atoms with van der Waals surface area (Å²) in [5.41, 5.74) is -1.49. The van der Waals surface area contributed by atoms with E-state index in [-0.39, 0.29) is 64.2 Å². The van der Waals surface area contributed by atoms with E-state index in [1.54, 1.807) is 0 Å². The van der Waals surface area contributed by atoms with Crippen LogP contribution in [-0.2, 0) is 66.7 Å². The summed E-state index contributed by atoms with van der Waals surface area (Å²) in [5, 5.41) is 0. The first-order valence-electron chi connectivity index (χ1n) is 26.3. The van der Waals surface area contributed by atoms with Crippen molar-refractivity contribution in [2.24, 2.45) is 5.41 Å². The monoisotopic (exact) mass is 954 g/mol. The van der Waals surface area contributed by atoms with E-state index >= 15 is 0 Å². The van der Waals surface area contributed by atoms with Crippen LogP contribution in [0.2, 0.25) is 0 Å². The SMILES string of the molecule is CCCCCCCCOC(=O)CCCC(=O)OCC(COC(=O)CCCC(=O)OCCCCCCCC)(COC(=O)CCCC(=O)OCCCCCCCC)COC(=O)CCCN1CCCC1. The van der Waals surface area contributed by atoms with E-state index < -0.39 is 73.6 Å². The fourth-order valence-corrected chi connectivity index (χ4v) is 7.48. The third kappa shape index (κ3) is 36.9. The normalized spacial score (nSPS) is 12.6. The molecule has 0 saturated carbocycles. The van der Waals surface area contributed by atoms with Gasteiger partial charge in [-0.05, 0) is 77.4 Å². The number of nitrogens with zero attached hydrogens (tertiary/aromatic N) is 1. The van der Waals surface area contributed by atoms with Crippen molar-refractivity contribution in [3.63, 3.8) is 0 Å². The van der Waals surface area contributed by atoms with Gasteiger partial charge in [-0.25, -0.2) is 0 Å². The zero-order valence-electron chi connectivity index (χ0n) is 42.2. The van der Waals surface area contributed by atoms with Gasteiger partial charge in [0.05, 0.1) is 19.8 Å². The number of likely N-dealkylation sites (tertiary alicyclic amines) is 1. The molecule has 1 fully saturated rings. The van der Waals surface area contributed by atoms with Crippen molar-refractivity contribution >= 4 is 41.8 Å². The molecule has 0 aromatic carbocycles. The molecule has 1 heterocycles. The Morgan fingerprint density at radius 2 is 0.582 bits per heavy atom. The first-order valence-corrected chi connectivity index (χ1v) is 26.3. The number of carbonyl (C=O) groups excluding carboxylic acids is 7. The number of hydrogen-bond acceptors (Lipinski definition) is 15. The fourth-order valence-electron chi connectivity index (χ4n) is 7.48. The van der Waals surface area contributed by atoms with Gasteiger partial charge in [0.15, 0.2) is 0 Å². The second-order valence-electron chi connectivity index (χ2n) is 18.3. The summed E-state index contributed by atoms with van der Waals surface area (Å²) in [6.45, 7) is 8.48. The number of carbonyl (C=O) groups is 7. The Labute approximate surface area is 403 Å². The number of rotatable bonds is 45. The third-order valence-corrected chi connectivity index (χ3v) is 11.8. The van der Waals surface area contributed by atoms with Gasteiger partial charge in [-0.15, -0.1) is 0 Å². The molecule has 0 unspecified atom stereocenters. The van der Waals surface area contributed by atoms with Crippen LogP contribution in [-0.4, -0.2) is 113 Å². The Bertz CT molecular complexity index is 1210. The molecular formula is C52H91NO14. The summed E-state index contributed by atoms with van der Waals surface area (Å²) < 4.78 is 38.7. The second-order valence-corrected chi connectivity index (χ2v) is 18.3. The third-order valence-electron chi connectivity index (χ3n) is 11.8. The summed E-state index contributed by atoms with van der Waals surface area (Å²) >= 11 is 0. The fraction of sp³-hybridized carbons (Fsp3) is 0.865. The molecule has 15 heteroatoms. The van der Waals surface area contributed by atoms with Crippen molar-refractivity contribution in [1.82, 2.24) is 4.90 Å². The maximum atomic E-state index is 13.1. The molecule has 0 bridgehead atoms. The van der Waals surface area contributed by atoms with Gasteiger partial charge >= 0.3 is 41.8 Å². The zero-order valence-corrected chi connectivity index (χ0v) is 42.2. The van der Waals surface area contributed by atoms with E-state index in [2.05, 4.69) is 25.7 Å². The Morgan fingerprint density at radius 1 is 0.328 bits per heavy atom. The minimum atomic E-state index is -1.49.